The Morgan fingerprint density at radius 3 is 3.06 bits per heavy atom. The second kappa shape index (κ2) is 4.03. The molecule has 17 heavy (non-hydrogen) atoms. The van der Waals surface area contributed by atoms with Gasteiger partial charge in [-0.1, -0.05) is 6.07 Å². The number of H-pyrrole nitrogens is 2. The number of aliphatic hydroxyl groups is 1. The van der Waals surface area contributed by atoms with Crippen LogP contribution < -0.4 is 0 Å². The molecule has 2 heterocycles. The smallest absolute Gasteiger partial charge is 0.108 e. The number of hydrogen-bond donors (Lipinski definition) is 3. The lowest BCUT2D eigenvalue weighted by Gasteiger charge is -1.97. The van der Waals surface area contributed by atoms with Crippen LogP contribution in [-0.2, 0) is 6.42 Å². The minimum absolute atomic E-state index is 0.104. The summed E-state index contributed by atoms with van der Waals surface area (Å²) in [5.74, 6) is 0.798. The lowest BCUT2D eigenvalue weighted by Crippen LogP contribution is -1.92. The Hall–Kier alpha value is -2.14. The maximum absolute atomic E-state index is 8.84. The van der Waals surface area contributed by atoms with Crippen LogP contribution in [0.2, 0.25) is 0 Å². The van der Waals surface area contributed by atoms with Gasteiger partial charge < -0.3 is 15.1 Å². The molecule has 0 fully saturated rings. The zero-order valence-corrected chi connectivity index (χ0v) is 9.14. The lowest BCUT2D eigenvalue weighted by atomic mass is 10.1. The van der Waals surface area contributed by atoms with E-state index in [2.05, 4.69) is 19.9 Å². The summed E-state index contributed by atoms with van der Waals surface area (Å²) >= 11 is 0. The van der Waals surface area contributed by atoms with Crippen molar-refractivity contribution in [3.8, 4) is 11.3 Å². The fourth-order valence-corrected chi connectivity index (χ4v) is 1.85. The number of aromatic nitrogens is 4. The van der Waals surface area contributed by atoms with Gasteiger partial charge >= 0.3 is 0 Å². The topological polar surface area (TPSA) is 77.6 Å². The molecule has 0 radical (unpaired) electrons. The average molecular weight is 228 g/mol. The molecule has 0 aliphatic rings. The van der Waals surface area contributed by atoms with Gasteiger partial charge in [-0.3, -0.25) is 0 Å². The molecule has 0 spiro atoms. The van der Waals surface area contributed by atoms with E-state index in [1.165, 1.54) is 0 Å². The van der Waals surface area contributed by atoms with Crippen molar-refractivity contribution in [1.82, 2.24) is 19.9 Å². The summed E-state index contributed by atoms with van der Waals surface area (Å²) in [6, 6.07) is 5.99. The van der Waals surface area contributed by atoms with Crippen molar-refractivity contribution < 1.29 is 5.11 Å². The molecule has 0 atom stereocenters. The maximum Gasteiger partial charge on any atom is 0.108 e. The highest BCUT2D eigenvalue weighted by molar-refractivity contribution is 5.80. The number of hydrogen-bond acceptors (Lipinski definition) is 3. The lowest BCUT2D eigenvalue weighted by molar-refractivity contribution is 0.297. The van der Waals surface area contributed by atoms with Gasteiger partial charge in [0, 0.05) is 12.0 Å². The van der Waals surface area contributed by atoms with Crippen molar-refractivity contribution in [3.05, 3.63) is 36.5 Å². The summed E-state index contributed by atoms with van der Waals surface area (Å²) in [6.45, 7) is 0.104. The number of imidazole rings is 2. The van der Waals surface area contributed by atoms with Crippen LogP contribution in [0.4, 0.5) is 0 Å². The Morgan fingerprint density at radius 1 is 1.24 bits per heavy atom. The number of fused-ring (bicyclic) bond motifs is 1. The van der Waals surface area contributed by atoms with E-state index in [-0.39, 0.29) is 6.61 Å². The minimum Gasteiger partial charge on any atom is -0.396 e. The van der Waals surface area contributed by atoms with E-state index in [4.69, 9.17) is 5.11 Å². The van der Waals surface area contributed by atoms with Gasteiger partial charge in [-0.15, -0.1) is 0 Å². The highest BCUT2D eigenvalue weighted by atomic mass is 16.3. The molecule has 3 N–H and O–H groups in total. The Kier molecular flexibility index (Phi) is 2.38. The SMILES string of the molecule is OCCc1ncc(-c2ccc3nc[nH]c3c2)[nH]1. The van der Waals surface area contributed by atoms with E-state index in [9.17, 15) is 0 Å². The van der Waals surface area contributed by atoms with Crippen LogP contribution >= 0.6 is 0 Å². The third kappa shape index (κ3) is 1.81. The fraction of sp³-hybridized carbons (Fsp3) is 0.167. The molecule has 0 saturated carbocycles. The normalized spacial score (nSPS) is 11.1. The van der Waals surface area contributed by atoms with E-state index in [1.54, 1.807) is 12.5 Å². The molecule has 3 rings (SSSR count). The molecule has 5 heteroatoms. The van der Waals surface area contributed by atoms with E-state index >= 15 is 0 Å². The first kappa shape index (κ1) is 10.0. The Morgan fingerprint density at radius 2 is 2.18 bits per heavy atom. The van der Waals surface area contributed by atoms with Crippen molar-refractivity contribution >= 4 is 11.0 Å². The molecule has 0 amide bonds. The van der Waals surface area contributed by atoms with E-state index in [0.29, 0.717) is 6.42 Å². The van der Waals surface area contributed by atoms with Crippen molar-refractivity contribution in [2.75, 3.05) is 6.61 Å². The van der Waals surface area contributed by atoms with Gasteiger partial charge in [0.2, 0.25) is 0 Å². The highest BCUT2D eigenvalue weighted by Crippen LogP contribution is 2.21. The van der Waals surface area contributed by atoms with Crippen LogP contribution in [0.5, 0.6) is 0 Å². The van der Waals surface area contributed by atoms with E-state index < -0.39 is 0 Å². The number of aromatic amines is 2. The van der Waals surface area contributed by atoms with Gasteiger partial charge in [-0.05, 0) is 12.1 Å². The fourth-order valence-electron chi connectivity index (χ4n) is 1.85. The Labute approximate surface area is 97.6 Å². The van der Waals surface area contributed by atoms with Crippen LogP contribution in [0.3, 0.4) is 0 Å². The second-order valence-electron chi connectivity index (χ2n) is 3.85. The monoisotopic (exact) mass is 228 g/mol. The van der Waals surface area contributed by atoms with Gasteiger partial charge in [0.05, 0.1) is 35.9 Å². The molecule has 0 aliphatic heterocycles. The molecular formula is C12H12N4O. The molecule has 0 unspecified atom stereocenters. The number of nitrogens with zero attached hydrogens (tertiary/aromatic N) is 2. The first-order valence-corrected chi connectivity index (χ1v) is 5.45. The van der Waals surface area contributed by atoms with Crippen molar-refractivity contribution in [1.29, 1.82) is 0 Å². The zero-order chi connectivity index (χ0) is 11.7. The maximum atomic E-state index is 8.84. The molecule has 86 valence electrons. The average Bonchev–Trinajstić information content (AvgIpc) is 2.96. The van der Waals surface area contributed by atoms with Crippen molar-refractivity contribution in [3.63, 3.8) is 0 Å². The van der Waals surface area contributed by atoms with Crippen LogP contribution in [0, 0.1) is 0 Å². The number of rotatable bonds is 3. The van der Waals surface area contributed by atoms with Crippen LogP contribution in [0.25, 0.3) is 22.3 Å². The summed E-state index contributed by atoms with van der Waals surface area (Å²) in [5.41, 5.74) is 3.95. The molecule has 0 saturated heterocycles. The molecule has 3 aromatic rings. The Bertz CT molecular complexity index is 641. The number of benzene rings is 1. The second-order valence-corrected chi connectivity index (χ2v) is 3.85. The molecular weight excluding hydrogens is 216 g/mol. The van der Waals surface area contributed by atoms with Gasteiger partial charge in [0.25, 0.3) is 0 Å². The summed E-state index contributed by atoms with van der Waals surface area (Å²) < 4.78 is 0. The largest absolute Gasteiger partial charge is 0.396 e. The predicted molar refractivity (Wildman–Crippen MR) is 64.5 cm³/mol. The third-order valence-corrected chi connectivity index (χ3v) is 2.71. The first-order chi connectivity index (χ1) is 8.36. The summed E-state index contributed by atoms with van der Waals surface area (Å²) in [4.78, 5) is 14.6. The quantitative estimate of drug-likeness (QED) is 0.635. The predicted octanol–water partition coefficient (Wildman–Crippen LogP) is 1.49. The molecule has 1 aromatic carbocycles. The van der Waals surface area contributed by atoms with E-state index in [1.807, 2.05) is 18.2 Å². The van der Waals surface area contributed by atoms with Gasteiger partial charge in [-0.25, -0.2) is 9.97 Å². The summed E-state index contributed by atoms with van der Waals surface area (Å²) in [7, 11) is 0. The van der Waals surface area contributed by atoms with Gasteiger partial charge in [0.1, 0.15) is 5.82 Å². The first-order valence-electron chi connectivity index (χ1n) is 5.45. The van der Waals surface area contributed by atoms with Crippen LogP contribution in [0.1, 0.15) is 5.82 Å². The van der Waals surface area contributed by atoms with E-state index in [0.717, 1.165) is 28.1 Å². The summed E-state index contributed by atoms with van der Waals surface area (Å²) in [6.07, 6.45) is 4.01. The highest BCUT2D eigenvalue weighted by Gasteiger charge is 2.04. The van der Waals surface area contributed by atoms with Crippen molar-refractivity contribution in [2.24, 2.45) is 0 Å². The zero-order valence-electron chi connectivity index (χ0n) is 9.14. The summed E-state index contributed by atoms with van der Waals surface area (Å²) in [5, 5.41) is 8.84. The minimum atomic E-state index is 0.104. The standard InChI is InChI=1S/C12H12N4O/c17-4-3-12-13-6-11(16-12)8-1-2-9-10(5-8)15-7-14-9/h1-2,5-7,17H,3-4H2,(H,13,16)(H,14,15). The van der Waals surface area contributed by atoms with Crippen LogP contribution in [-0.4, -0.2) is 31.6 Å². The Balaban J connectivity index is 2.00. The molecule has 0 bridgehead atoms. The number of aliphatic hydroxyl groups excluding tert-OH is 1. The number of nitrogens with one attached hydrogen (secondary N) is 2. The van der Waals surface area contributed by atoms with Crippen LogP contribution in [0.15, 0.2) is 30.7 Å². The van der Waals surface area contributed by atoms with Crippen molar-refractivity contribution in [2.45, 2.75) is 6.42 Å². The van der Waals surface area contributed by atoms with Gasteiger partial charge in [0.15, 0.2) is 0 Å². The molecule has 0 aliphatic carbocycles. The molecule has 2 aromatic heterocycles. The third-order valence-electron chi connectivity index (χ3n) is 2.71. The van der Waals surface area contributed by atoms with Gasteiger partial charge in [-0.2, -0.15) is 0 Å². The molecule has 5 nitrogen and oxygen atoms in total.